The van der Waals surface area contributed by atoms with Gasteiger partial charge in [-0.25, -0.2) is 9.97 Å². The molecule has 80 heavy (non-hydrogen) atoms. The third-order valence-electron chi connectivity index (χ3n) is 12.1. The number of aldehydes is 1. The van der Waals surface area contributed by atoms with Gasteiger partial charge in [-0.3, -0.25) is 52.7 Å². The average molecular weight is 1150 g/mol. The van der Waals surface area contributed by atoms with E-state index in [1.807, 2.05) is 0 Å². The van der Waals surface area contributed by atoms with E-state index in [0.29, 0.717) is 56.0 Å². The van der Waals surface area contributed by atoms with E-state index < -0.39 is 114 Å². The molecule has 27 nitrogen and oxygen atoms in total. The van der Waals surface area contributed by atoms with Crippen LogP contribution in [-0.4, -0.2) is 160 Å². The summed E-state index contributed by atoms with van der Waals surface area (Å²) in [4.78, 5) is 153. The summed E-state index contributed by atoms with van der Waals surface area (Å²) < 4.78 is 0. The van der Waals surface area contributed by atoms with Crippen molar-refractivity contribution in [3.63, 3.8) is 0 Å². The van der Waals surface area contributed by atoms with Gasteiger partial charge in [0, 0.05) is 43.4 Å². The molecule has 14 N–H and O–H groups in total. The molecule has 430 valence electrons. The molecule has 8 atom stereocenters. The molecular weight excluding hydrogens is 1080 g/mol. The molecule has 29 heteroatoms. The summed E-state index contributed by atoms with van der Waals surface area (Å²) in [6.07, 6.45) is 4.02. The van der Waals surface area contributed by atoms with Crippen LogP contribution < -0.4 is 63.8 Å². The fraction of sp³-hybridized carbons (Fsp3) is 0.431. The summed E-state index contributed by atoms with van der Waals surface area (Å²) in [6, 6.07) is 0.588. The predicted octanol–water partition coefficient (Wildman–Crippen LogP) is -1.64. The number of carbonyl (C=O) groups excluding carboxylic acids is 11. The molecule has 0 fully saturated rings. The van der Waals surface area contributed by atoms with Crippen LogP contribution in [0.3, 0.4) is 0 Å². The molecule has 1 aliphatic heterocycles. The fourth-order valence-corrected chi connectivity index (χ4v) is 8.99. The molecule has 2 unspecified atom stereocenters. The van der Waals surface area contributed by atoms with Crippen molar-refractivity contribution in [3.8, 4) is 11.5 Å². The number of aromatic hydroxyl groups is 2. The quantitative estimate of drug-likeness (QED) is 0.0370. The minimum absolute atomic E-state index is 0.0722. The average Bonchev–Trinajstić information content (AvgIpc) is 4.09. The zero-order chi connectivity index (χ0) is 58.6. The standard InChI is InChI=1S/C51H66N14O13S2/c1-25(42(71)52-14-7-15-53-50-56-21-36(24-66)80-50)59-44(73)27(3)61-46(75)29(5)63-49(78)38(17-31-8-11-34(67)12-9-31)64-41(70)22-54-48(77)37-18-32-10-13-39(68)33(16-32)19-35-20-55-51(79-35)57-23-40(69)58-26(2)43(72)60-28(4)45(74)62-30(6)47(76)65-37/h8-13,16,20-21,24-30,37-38,67-68H,7,14-15,17-19,22-23H2,1-6H3,(H,52,71)(H,53,56)(H,54,77)(H,55,57)(H,58,69)(H,59,73)(H,60,72)(H,61,75)(H,62,74)(H,63,78)(H,64,70)(H,65,76)/t25-,26-,27-,28?,29-,30-,37?,38-/m0/s1. The number of nitrogens with one attached hydrogen (secondary N) is 12. The molecule has 3 heterocycles. The van der Waals surface area contributed by atoms with Gasteiger partial charge in [-0.15, -0.1) is 11.3 Å². The summed E-state index contributed by atoms with van der Waals surface area (Å²) in [5, 5.41) is 53.0. The van der Waals surface area contributed by atoms with Gasteiger partial charge in [0.15, 0.2) is 16.5 Å². The van der Waals surface area contributed by atoms with Crippen LogP contribution in [0.4, 0.5) is 10.3 Å². The normalized spacial score (nSPS) is 18.6. The monoisotopic (exact) mass is 1150 g/mol. The zero-order valence-electron chi connectivity index (χ0n) is 44.6. The van der Waals surface area contributed by atoms with E-state index in [1.54, 1.807) is 12.3 Å². The highest BCUT2D eigenvalue weighted by molar-refractivity contribution is 7.17. The van der Waals surface area contributed by atoms with E-state index in [0.717, 1.165) is 0 Å². The molecule has 0 spiro atoms. The van der Waals surface area contributed by atoms with Gasteiger partial charge < -0.3 is 74.0 Å². The number of hydrogen-bond donors (Lipinski definition) is 14. The first-order chi connectivity index (χ1) is 38.0. The number of thiazole rings is 2. The summed E-state index contributed by atoms with van der Waals surface area (Å²) in [5.41, 5.74) is 1.37. The first-order valence-electron chi connectivity index (χ1n) is 25.4. The molecule has 1 aliphatic rings. The lowest BCUT2D eigenvalue weighted by atomic mass is 10.00. The Morgan fingerprint density at radius 1 is 0.713 bits per heavy atom. The Morgan fingerprint density at radius 2 is 1.32 bits per heavy atom. The Labute approximate surface area is 467 Å². The summed E-state index contributed by atoms with van der Waals surface area (Å²) in [6.45, 7) is 8.07. The Hall–Kier alpha value is -8.73. The highest BCUT2D eigenvalue weighted by atomic mass is 32.1. The number of nitrogens with zero attached hydrogens (tertiary/aromatic N) is 2. The van der Waals surface area contributed by atoms with Gasteiger partial charge in [-0.05, 0) is 82.9 Å². The first-order valence-corrected chi connectivity index (χ1v) is 27.0. The third-order valence-corrected chi connectivity index (χ3v) is 13.9. The molecule has 5 rings (SSSR count). The van der Waals surface area contributed by atoms with Crippen molar-refractivity contribution >= 4 is 98.3 Å². The van der Waals surface area contributed by atoms with Gasteiger partial charge in [0.2, 0.25) is 59.1 Å². The summed E-state index contributed by atoms with van der Waals surface area (Å²) in [7, 11) is 0. The Balaban J connectivity index is 1.22. The van der Waals surface area contributed by atoms with Crippen LogP contribution in [0, 0.1) is 0 Å². The lowest BCUT2D eigenvalue weighted by Crippen LogP contribution is -2.58. The van der Waals surface area contributed by atoms with E-state index in [4.69, 9.17) is 0 Å². The minimum atomic E-state index is -1.40. The van der Waals surface area contributed by atoms with E-state index in [1.165, 1.54) is 107 Å². The van der Waals surface area contributed by atoms with Crippen molar-refractivity contribution in [1.82, 2.24) is 63.1 Å². The van der Waals surface area contributed by atoms with Crippen molar-refractivity contribution in [2.45, 2.75) is 116 Å². The van der Waals surface area contributed by atoms with Gasteiger partial charge >= 0.3 is 0 Å². The van der Waals surface area contributed by atoms with E-state index in [-0.39, 0.29) is 43.9 Å². The Bertz CT molecular complexity index is 2900. The lowest BCUT2D eigenvalue weighted by molar-refractivity contribution is -0.134. The number of carbonyl (C=O) groups is 11. The van der Waals surface area contributed by atoms with Gasteiger partial charge in [0.05, 0.1) is 24.2 Å². The highest BCUT2D eigenvalue weighted by Gasteiger charge is 2.31. The Kier molecular flexibility index (Phi) is 23.2. The number of aromatic nitrogens is 2. The number of rotatable bonds is 19. The Morgan fingerprint density at radius 3 is 1.96 bits per heavy atom. The molecule has 4 bridgehead atoms. The van der Waals surface area contributed by atoms with E-state index >= 15 is 0 Å². The molecule has 2 aromatic carbocycles. The second kappa shape index (κ2) is 29.9. The summed E-state index contributed by atoms with van der Waals surface area (Å²) >= 11 is 2.39. The SMILES string of the molecule is CC1NC(=O)[C@H](C)NC(=O)CNc2ncc(s2)Cc2cc(ccc2O)CC(C(=O)NCC(=O)N[C@@H](Cc2ccc(O)cc2)C(=O)N[C@@H](C)C(=O)N[C@@H](C)C(=O)N[C@@H](C)C(=O)NCCCNc2ncc(C=O)s2)NC(=O)[C@H](C)NC1=O. The first kappa shape index (κ1) is 62.1. The van der Waals surface area contributed by atoms with E-state index in [2.05, 4.69) is 73.8 Å². The molecular formula is C51H66N14O13S2. The number of benzene rings is 2. The fourth-order valence-electron chi connectivity index (χ4n) is 7.50. The van der Waals surface area contributed by atoms with Crippen molar-refractivity contribution < 1.29 is 63.0 Å². The molecule has 2 aromatic heterocycles. The maximum atomic E-state index is 14.0. The van der Waals surface area contributed by atoms with Crippen molar-refractivity contribution in [2.75, 3.05) is 36.8 Å². The number of fused-ring (bicyclic) bond motifs is 4. The van der Waals surface area contributed by atoms with Crippen LogP contribution in [0.1, 0.15) is 79.2 Å². The van der Waals surface area contributed by atoms with Crippen LogP contribution in [0.5, 0.6) is 11.5 Å². The smallest absolute Gasteiger partial charge is 0.243 e. The predicted molar refractivity (Wildman–Crippen MR) is 293 cm³/mol. The van der Waals surface area contributed by atoms with E-state index in [9.17, 15) is 63.0 Å². The maximum absolute atomic E-state index is 14.0. The number of amides is 10. The zero-order valence-corrected chi connectivity index (χ0v) is 46.3. The highest BCUT2D eigenvalue weighted by Crippen LogP contribution is 2.27. The van der Waals surface area contributed by atoms with Gasteiger partial charge in [0.1, 0.15) is 59.8 Å². The van der Waals surface area contributed by atoms with Crippen LogP contribution in [0.25, 0.3) is 0 Å². The molecule has 10 amide bonds. The number of phenols is 2. The molecule has 0 aliphatic carbocycles. The third kappa shape index (κ3) is 19.6. The van der Waals surface area contributed by atoms with Crippen molar-refractivity contribution in [3.05, 3.63) is 81.3 Å². The van der Waals surface area contributed by atoms with Gasteiger partial charge in [-0.1, -0.05) is 35.6 Å². The molecule has 0 saturated carbocycles. The largest absolute Gasteiger partial charge is 0.508 e. The molecule has 4 aromatic rings. The van der Waals surface area contributed by atoms with Gasteiger partial charge in [0.25, 0.3) is 0 Å². The maximum Gasteiger partial charge on any atom is 0.243 e. The lowest BCUT2D eigenvalue weighted by Gasteiger charge is -2.24. The van der Waals surface area contributed by atoms with Crippen molar-refractivity contribution in [1.29, 1.82) is 0 Å². The topological polar surface area (TPSA) is 398 Å². The van der Waals surface area contributed by atoms with Crippen LogP contribution in [0.15, 0.2) is 54.9 Å². The van der Waals surface area contributed by atoms with Crippen molar-refractivity contribution in [2.24, 2.45) is 0 Å². The molecule has 0 saturated heterocycles. The number of phenolic OH excluding ortho intramolecular Hbond substituents is 2. The number of hydrogen-bond acceptors (Lipinski definition) is 19. The second-order valence-corrected chi connectivity index (χ2v) is 21.0. The van der Waals surface area contributed by atoms with Crippen LogP contribution in [-0.2, 0) is 67.2 Å². The summed E-state index contributed by atoms with van der Waals surface area (Å²) in [5.74, 6) is -7.51. The van der Waals surface area contributed by atoms with Gasteiger partial charge in [-0.2, -0.15) is 0 Å². The number of anilines is 2. The minimum Gasteiger partial charge on any atom is -0.508 e. The van der Waals surface area contributed by atoms with Crippen LogP contribution >= 0.6 is 22.7 Å². The second-order valence-electron chi connectivity index (χ2n) is 18.8. The van der Waals surface area contributed by atoms with Crippen LogP contribution in [0.2, 0.25) is 0 Å². The molecule has 0 radical (unpaired) electrons.